The first-order chi connectivity index (χ1) is 5.24. The van der Waals surface area contributed by atoms with Crippen LogP contribution in [0.25, 0.3) is 0 Å². The summed E-state index contributed by atoms with van der Waals surface area (Å²) in [6.45, 7) is 2.10. The Morgan fingerprint density at radius 2 is 2.36 bits per heavy atom. The molecule has 0 aromatic heterocycles. The fourth-order valence-electron chi connectivity index (χ4n) is 0.985. The average Bonchev–Trinajstić information content (AvgIpc) is 2.03. The van der Waals surface area contributed by atoms with E-state index in [1.165, 1.54) is 8.05 Å². The molecule has 1 atom stereocenters. The van der Waals surface area contributed by atoms with Crippen LogP contribution in [0.2, 0.25) is 0 Å². The molecule has 0 aliphatic carbocycles. The predicted octanol–water partition coefficient (Wildman–Crippen LogP) is -0.124. The fraction of sp³-hybridized carbons (Fsp3) is 0.857. The van der Waals surface area contributed by atoms with Crippen LogP contribution in [0, 0.1) is 5.92 Å². The second-order valence-corrected chi connectivity index (χ2v) is 2.62. The van der Waals surface area contributed by atoms with Gasteiger partial charge in [-0.15, -0.1) is 0 Å². The van der Waals surface area contributed by atoms with Crippen molar-refractivity contribution in [3.63, 3.8) is 0 Å². The number of carbonyl (C=O) groups is 1. The van der Waals surface area contributed by atoms with Crippen LogP contribution in [0.15, 0.2) is 0 Å². The number of aliphatic hydroxyl groups excluding tert-OH is 1. The molecule has 3 nitrogen and oxygen atoms in total. The van der Waals surface area contributed by atoms with Crippen molar-refractivity contribution in [1.82, 2.24) is 0 Å². The summed E-state index contributed by atoms with van der Waals surface area (Å²) in [5, 5.41) is 8.79. The maximum atomic E-state index is 10.7. The van der Waals surface area contributed by atoms with Crippen LogP contribution >= 0.6 is 0 Å². The Hall–Kier alpha value is -0.505. The molecule has 0 aliphatic rings. The van der Waals surface area contributed by atoms with Crippen molar-refractivity contribution in [2.45, 2.75) is 26.2 Å². The molecule has 0 amide bonds. The number of hydrogen-bond acceptors (Lipinski definition) is 3. The van der Waals surface area contributed by atoms with Gasteiger partial charge in [-0.05, 0) is 12.3 Å². The largest absolute Gasteiger partial charge is 0.543 e. The molecule has 0 bridgehead atoms. The first-order valence-electron chi connectivity index (χ1n) is 3.92. The summed E-state index contributed by atoms with van der Waals surface area (Å²) in [4.78, 5) is 10.7. The molecule has 0 fully saturated rings. The average molecular weight is 158 g/mol. The summed E-state index contributed by atoms with van der Waals surface area (Å²) in [5.41, 5.74) is 0. The Labute approximate surface area is 68.2 Å². The quantitative estimate of drug-likeness (QED) is 0.567. The van der Waals surface area contributed by atoms with E-state index in [0.717, 1.165) is 12.8 Å². The van der Waals surface area contributed by atoms with Crippen molar-refractivity contribution < 1.29 is 14.6 Å². The molecule has 0 aromatic rings. The Morgan fingerprint density at radius 3 is 2.73 bits per heavy atom. The minimum Gasteiger partial charge on any atom is -0.543 e. The Bertz CT molecular complexity index is 116. The highest BCUT2D eigenvalue weighted by Gasteiger charge is 2.11. The van der Waals surface area contributed by atoms with Gasteiger partial charge in [0.2, 0.25) is 0 Å². The summed E-state index contributed by atoms with van der Waals surface area (Å²) >= 11 is 0. The van der Waals surface area contributed by atoms with Gasteiger partial charge in [-0.3, -0.25) is 4.79 Å². The van der Waals surface area contributed by atoms with E-state index < -0.39 is 0 Å². The van der Waals surface area contributed by atoms with Crippen molar-refractivity contribution in [1.29, 1.82) is 0 Å². The standard InChI is InChI=1S/C7H15BO3/c1-2-3-6(5-9)4-7(10)11-8/h6,9H,2-5,8H2,1H3. The van der Waals surface area contributed by atoms with Crippen molar-refractivity contribution >= 4 is 14.0 Å². The van der Waals surface area contributed by atoms with Crippen molar-refractivity contribution in [3.05, 3.63) is 0 Å². The van der Waals surface area contributed by atoms with Crippen molar-refractivity contribution in [2.75, 3.05) is 6.61 Å². The number of carbonyl (C=O) groups excluding carboxylic acids is 1. The zero-order valence-electron chi connectivity index (χ0n) is 7.17. The molecule has 1 N–H and O–H groups in total. The van der Waals surface area contributed by atoms with Crippen molar-refractivity contribution in [2.24, 2.45) is 5.92 Å². The summed E-state index contributed by atoms with van der Waals surface area (Å²) in [6.07, 6.45) is 2.20. The third-order valence-electron chi connectivity index (χ3n) is 1.64. The van der Waals surface area contributed by atoms with Crippen molar-refractivity contribution in [3.8, 4) is 0 Å². The molecule has 0 heterocycles. The minimum absolute atomic E-state index is 0.0724. The van der Waals surface area contributed by atoms with Crippen LogP contribution in [0.5, 0.6) is 0 Å². The van der Waals surface area contributed by atoms with Gasteiger partial charge in [-0.2, -0.15) is 0 Å². The highest BCUT2D eigenvalue weighted by atomic mass is 16.5. The van der Waals surface area contributed by atoms with Crippen LogP contribution in [0.4, 0.5) is 0 Å². The van der Waals surface area contributed by atoms with Gasteiger partial charge in [0.15, 0.2) is 0 Å². The second-order valence-electron chi connectivity index (χ2n) is 2.62. The molecule has 0 aromatic carbocycles. The van der Waals surface area contributed by atoms with Gasteiger partial charge in [0.05, 0.1) is 0 Å². The van der Waals surface area contributed by atoms with E-state index in [-0.39, 0.29) is 18.5 Å². The van der Waals surface area contributed by atoms with E-state index in [4.69, 9.17) is 5.11 Å². The van der Waals surface area contributed by atoms with Crippen LogP contribution in [0.1, 0.15) is 26.2 Å². The number of hydrogen-bond donors (Lipinski definition) is 1. The van der Waals surface area contributed by atoms with E-state index in [2.05, 4.69) is 4.65 Å². The number of rotatable bonds is 5. The molecule has 4 heteroatoms. The highest BCUT2D eigenvalue weighted by Crippen LogP contribution is 2.10. The second kappa shape index (κ2) is 6.22. The maximum Gasteiger partial charge on any atom is 0.325 e. The molecule has 0 saturated heterocycles. The van der Waals surface area contributed by atoms with E-state index in [9.17, 15) is 4.79 Å². The monoisotopic (exact) mass is 158 g/mol. The van der Waals surface area contributed by atoms with Gasteiger partial charge in [-0.1, -0.05) is 13.3 Å². The Morgan fingerprint density at radius 1 is 1.73 bits per heavy atom. The molecule has 0 rings (SSSR count). The Balaban J connectivity index is 3.58. The van der Waals surface area contributed by atoms with Gasteiger partial charge in [0, 0.05) is 13.0 Å². The van der Waals surface area contributed by atoms with Crippen LogP contribution < -0.4 is 0 Å². The normalized spacial score (nSPS) is 12.5. The molecule has 0 aliphatic heterocycles. The lowest BCUT2D eigenvalue weighted by molar-refractivity contribution is -0.135. The van der Waals surface area contributed by atoms with E-state index >= 15 is 0 Å². The van der Waals surface area contributed by atoms with Gasteiger partial charge < -0.3 is 9.76 Å². The van der Waals surface area contributed by atoms with Crippen LogP contribution in [-0.2, 0) is 9.45 Å². The first-order valence-corrected chi connectivity index (χ1v) is 3.92. The van der Waals surface area contributed by atoms with Gasteiger partial charge in [0.1, 0.15) is 0 Å². The maximum absolute atomic E-state index is 10.7. The topological polar surface area (TPSA) is 46.5 Å². The summed E-state index contributed by atoms with van der Waals surface area (Å²) in [7, 11) is 1.36. The molecular weight excluding hydrogens is 143 g/mol. The summed E-state index contributed by atoms with van der Waals surface area (Å²) in [6, 6.07) is 0. The van der Waals surface area contributed by atoms with E-state index in [1.54, 1.807) is 0 Å². The lowest BCUT2D eigenvalue weighted by atomic mass is 10.0. The van der Waals surface area contributed by atoms with E-state index in [1.807, 2.05) is 6.92 Å². The summed E-state index contributed by atoms with van der Waals surface area (Å²) < 4.78 is 4.48. The molecule has 0 spiro atoms. The molecular formula is C7H15BO3. The third-order valence-corrected chi connectivity index (χ3v) is 1.64. The Kier molecular flexibility index (Phi) is 5.94. The zero-order valence-corrected chi connectivity index (χ0v) is 7.17. The molecule has 0 radical (unpaired) electrons. The van der Waals surface area contributed by atoms with Gasteiger partial charge in [0.25, 0.3) is 5.97 Å². The molecule has 64 valence electrons. The number of aliphatic hydroxyl groups is 1. The molecule has 0 saturated carbocycles. The fourth-order valence-corrected chi connectivity index (χ4v) is 0.985. The third kappa shape index (κ3) is 4.84. The lowest BCUT2D eigenvalue weighted by Crippen LogP contribution is -2.13. The van der Waals surface area contributed by atoms with E-state index in [0.29, 0.717) is 6.42 Å². The smallest absolute Gasteiger partial charge is 0.325 e. The summed E-state index contributed by atoms with van der Waals surface area (Å²) in [5.74, 6) is -0.162. The highest BCUT2D eigenvalue weighted by molar-refractivity contribution is 6.05. The van der Waals surface area contributed by atoms with Crippen LogP contribution in [0.3, 0.4) is 0 Å². The van der Waals surface area contributed by atoms with Gasteiger partial charge in [-0.25, -0.2) is 0 Å². The van der Waals surface area contributed by atoms with Gasteiger partial charge >= 0.3 is 8.05 Å². The lowest BCUT2D eigenvalue weighted by Gasteiger charge is -2.10. The first kappa shape index (κ1) is 10.5. The SMILES string of the molecule is BOC(=O)CC(CO)CCC. The zero-order chi connectivity index (χ0) is 8.69. The minimum atomic E-state index is -0.238. The predicted molar refractivity (Wildman–Crippen MR) is 44.7 cm³/mol. The van der Waals surface area contributed by atoms with Crippen LogP contribution in [-0.4, -0.2) is 25.7 Å². The molecule has 1 unspecified atom stereocenters. The molecule has 11 heavy (non-hydrogen) atoms.